The lowest BCUT2D eigenvalue weighted by Gasteiger charge is -2.19. The van der Waals surface area contributed by atoms with Crippen molar-refractivity contribution in [2.45, 2.75) is 0 Å². The average Bonchev–Trinajstić information content (AvgIpc) is 2.90. The van der Waals surface area contributed by atoms with Gasteiger partial charge in [-0.05, 0) is 24.3 Å². The monoisotopic (exact) mass is 260 g/mol. The number of furan rings is 1. The lowest BCUT2D eigenvalue weighted by atomic mass is 10.1. The molecule has 1 amide bonds. The van der Waals surface area contributed by atoms with Crippen molar-refractivity contribution in [1.82, 2.24) is 0 Å². The molecular weight excluding hydrogens is 248 g/mol. The van der Waals surface area contributed by atoms with Crippen LogP contribution >= 0.6 is 12.2 Å². The van der Waals surface area contributed by atoms with Gasteiger partial charge in [0, 0.05) is 12.6 Å². The van der Waals surface area contributed by atoms with E-state index in [4.69, 9.17) is 22.4 Å². The molecule has 0 atom stereocenters. The van der Waals surface area contributed by atoms with Crippen LogP contribution in [0.25, 0.3) is 0 Å². The Bertz CT molecular complexity index is 578. The maximum Gasteiger partial charge on any atom is 0.293 e. The second kappa shape index (κ2) is 5.01. The molecule has 0 unspecified atom stereocenters. The molecule has 0 fully saturated rings. The number of benzene rings is 1. The Morgan fingerprint density at radius 2 is 2.00 bits per heavy atom. The zero-order valence-corrected chi connectivity index (χ0v) is 10.6. The van der Waals surface area contributed by atoms with Gasteiger partial charge in [0.05, 0.1) is 12.0 Å². The molecule has 92 valence electrons. The lowest BCUT2D eigenvalue weighted by Crippen LogP contribution is -2.28. The molecule has 0 aliphatic rings. The van der Waals surface area contributed by atoms with E-state index >= 15 is 0 Å². The summed E-state index contributed by atoms with van der Waals surface area (Å²) in [7, 11) is 1.65. The molecule has 5 heteroatoms. The van der Waals surface area contributed by atoms with Crippen LogP contribution in [0.3, 0.4) is 0 Å². The third-order valence-electron chi connectivity index (χ3n) is 2.57. The van der Waals surface area contributed by atoms with Gasteiger partial charge < -0.3 is 15.1 Å². The first-order valence-electron chi connectivity index (χ1n) is 5.31. The number of thiocarbonyl (C=S) groups is 1. The van der Waals surface area contributed by atoms with Crippen molar-refractivity contribution >= 4 is 28.8 Å². The van der Waals surface area contributed by atoms with Crippen molar-refractivity contribution in [2.75, 3.05) is 11.9 Å². The second-order valence-electron chi connectivity index (χ2n) is 3.72. The van der Waals surface area contributed by atoms with E-state index in [0.29, 0.717) is 11.3 Å². The zero-order valence-electron chi connectivity index (χ0n) is 9.79. The summed E-state index contributed by atoms with van der Waals surface area (Å²) in [6, 6.07) is 10.5. The van der Waals surface area contributed by atoms with Gasteiger partial charge in [0.15, 0.2) is 5.76 Å². The SMILES string of the molecule is CN(C(=O)c1ccco1)c1ccccc1C(N)=S. The molecule has 1 heterocycles. The normalized spacial score (nSPS) is 10.1. The van der Waals surface area contributed by atoms with E-state index in [-0.39, 0.29) is 16.7 Å². The number of carbonyl (C=O) groups excluding carboxylic acids is 1. The van der Waals surface area contributed by atoms with Crippen molar-refractivity contribution in [3.05, 3.63) is 54.0 Å². The molecular formula is C13H12N2O2S. The van der Waals surface area contributed by atoms with Gasteiger partial charge in [0.2, 0.25) is 0 Å². The van der Waals surface area contributed by atoms with Gasteiger partial charge in [0.25, 0.3) is 5.91 Å². The van der Waals surface area contributed by atoms with Crippen LogP contribution < -0.4 is 10.6 Å². The smallest absolute Gasteiger partial charge is 0.293 e. The van der Waals surface area contributed by atoms with Crippen molar-refractivity contribution in [2.24, 2.45) is 5.73 Å². The molecule has 1 aromatic carbocycles. The molecule has 0 bridgehead atoms. The zero-order chi connectivity index (χ0) is 13.1. The third kappa shape index (κ3) is 2.26. The van der Waals surface area contributed by atoms with Gasteiger partial charge in [-0.3, -0.25) is 4.79 Å². The van der Waals surface area contributed by atoms with Crippen LogP contribution in [0.4, 0.5) is 5.69 Å². The number of hydrogen-bond acceptors (Lipinski definition) is 3. The van der Waals surface area contributed by atoms with Gasteiger partial charge in [-0.2, -0.15) is 0 Å². The topological polar surface area (TPSA) is 59.5 Å². The molecule has 1 aromatic heterocycles. The molecule has 2 rings (SSSR count). The highest BCUT2D eigenvalue weighted by Crippen LogP contribution is 2.21. The van der Waals surface area contributed by atoms with Crippen LogP contribution in [0.1, 0.15) is 16.1 Å². The van der Waals surface area contributed by atoms with Crippen LogP contribution in [-0.4, -0.2) is 17.9 Å². The Kier molecular flexibility index (Phi) is 3.43. The average molecular weight is 260 g/mol. The molecule has 4 nitrogen and oxygen atoms in total. The lowest BCUT2D eigenvalue weighted by molar-refractivity contribution is 0.0966. The second-order valence-corrected chi connectivity index (χ2v) is 4.16. The largest absolute Gasteiger partial charge is 0.459 e. The highest BCUT2D eigenvalue weighted by molar-refractivity contribution is 7.80. The van der Waals surface area contributed by atoms with Crippen LogP contribution in [0, 0.1) is 0 Å². The molecule has 0 aliphatic carbocycles. The van der Waals surface area contributed by atoms with Gasteiger partial charge in [-0.25, -0.2) is 0 Å². The summed E-state index contributed by atoms with van der Waals surface area (Å²) < 4.78 is 5.08. The molecule has 0 radical (unpaired) electrons. The number of amides is 1. The summed E-state index contributed by atoms with van der Waals surface area (Å²) in [6.07, 6.45) is 1.46. The van der Waals surface area contributed by atoms with Crippen molar-refractivity contribution in [3.8, 4) is 0 Å². The van der Waals surface area contributed by atoms with Crippen LogP contribution in [0.15, 0.2) is 47.1 Å². The summed E-state index contributed by atoms with van der Waals surface area (Å²) in [5.41, 5.74) is 6.96. The number of rotatable bonds is 3. The molecule has 0 spiro atoms. The van der Waals surface area contributed by atoms with Gasteiger partial charge in [0.1, 0.15) is 4.99 Å². The number of carbonyl (C=O) groups is 1. The summed E-state index contributed by atoms with van der Waals surface area (Å²) in [4.78, 5) is 13.8. The van der Waals surface area contributed by atoms with E-state index in [0.717, 1.165) is 0 Å². The molecule has 0 saturated heterocycles. The minimum atomic E-state index is -0.247. The summed E-state index contributed by atoms with van der Waals surface area (Å²) in [6.45, 7) is 0. The van der Waals surface area contributed by atoms with E-state index in [1.54, 1.807) is 31.3 Å². The number of nitrogens with zero attached hydrogens (tertiary/aromatic N) is 1. The van der Waals surface area contributed by atoms with E-state index in [2.05, 4.69) is 0 Å². The first-order chi connectivity index (χ1) is 8.61. The number of anilines is 1. The predicted molar refractivity (Wildman–Crippen MR) is 73.8 cm³/mol. The minimum absolute atomic E-state index is 0.247. The molecule has 2 N–H and O–H groups in total. The Labute approximate surface area is 110 Å². The maximum absolute atomic E-state index is 12.1. The fraction of sp³-hybridized carbons (Fsp3) is 0.0769. The molecule has 2 aromatic rings. The van der Waals surface area contributed by atoms with Crippen LogP contribution in [0.2, 0.25) is 0 Å². The molecule has 0 saturated carbocycles. The Balaban J connectivity index is 2.37. The van der Waals surface area contributed by atoms with Crippen LogP contribution in [-0.2, 0) is 0 Å². The maximum atomic E-state index is 12.1. The number of nitrogens with two attached hydrogens (primary N) is 1. The minimum Gasteiger partial charge on any atom is -0.459 e. The molecule has 18 heavy (non-hydrogen) atoms. The van der Waals surface area contributed by atoms with E-state index in [9.17, 15) is 4.79 Å². The Morgan fingerprint density at radius 1 is 1.28 bits per heavy atom. The van der Waals surface area contributed by atoms with Gasteiger partial charge in [-0.15, -0.1) is 0 Å². The fourth-order valence-electron chi connectivity index (χ4n) is 1.65. The highest BCUT2D eigenvalue weighted by atomic mass is 32.1. The first-order valence-corrected chi connectivity index (χ1v) is 5.72. The number of hydrogen-bond donors (Lipinski definition) is 1. The van der Waals surface area contributed by atoms with E-state index < -0.39 is 0 Å². The highest BCUT2D eigenvalue weighted by Gasteiger charge is 2.18. The fourth-order valence-corrected chi connectivity index (χ4v) is 1.82. The quantitative estimate of drug-likeness (QED) is 0.859. The van der Waals surface area contributed by atoms with Crippen molar-refractivity contribution < 1.29 is 9.21 Å². The van der Waals surface area contributed by atoms with Gasteiger partial charge >= 0.3 is 0 Å². The Morgan fingerprint density at radius 3 is 2.61 bits per heavy atom. The Hall–Kier alpha value is -2.14. The standard InChI is InChI=1S/C13H12N2O2S/c1-15(13(16)11-7-4-8-17-11)10-6-3-2-5-9(10)12(14)18/h2-8H,1H3,(H2,14,18). The predicted octanol–water partition coefficient (Wildman–Crippen LogP) is 2.19. The summed E-state index contributed by atoms with van der Waals surface area (Å²) in [5, 5.41) is 0. The molecule has 0 aliphatic heterocycles. The van der Waals surface area contributed by atoms with Crippen molar-refractivity contribution in [3.63, 3.8) is 0 Å². The summed E-state index contributed by atoms with van der Waals surface area (Å²) in [5.74, 6) is 0.0268. The number of para-hydroxylation sites is 1. The van der Waals surface area contributed by atoms with Crippen molar-refractivity contribution in [1.29, 1.82) is 0 Å². The van der Waals surface area contributed by atoms with Crippen LogP contribution in [0.5, 0.6) is 0 Å². The van der Waals surface area contributed by atoms with E-state index in [1.165, 1.54) is 11.2 Å². The van der Waals surface area contributed by atoms with E-state index in [1.807, 2.05) is 12.1 Å². The first kappa shape index (κ1) is 12.3. The van der Waals surface area contributed by atoms with Gasteiger partial charge in [-0.1, -0.05) is 24.4 Å². The summed E-state index contributed by atoms with van der Waals surface area (Å²) >= 11 is 4.97. The third-order valence-corrected chi connectivity index (χ3v) is 2.79.